The lowest BCUT2D eigenvalue weighted by atomic mass is 9.86. The van der Waals surface area contributed by atoms with Gasteiger partial charge >= 0.3 is 0 Å². The largest absolute Gasteiger partial charge is 0.507 e. The zero-order valence-corrected chi connectivity index (χ0v) is 39.1. The van der Waals surface area contributed by atoms with E-state index in [9.17, 15) is 34.3 Å². The molecule has 2 amide bonds. The van der Waals surface area contributed by atoms with Crippen molar-refractivity contribution in [1.82, 2.24) is 20.2 Å². The number of hydrogen-bond acceptors (Lipinski definition) is 13. The fraction of sp³-hybridized carbons (Fsp3) is 0.451. The van der Waals surface area contributed by atoms with Gasteiger partial charge in [-0.2, -0.15) is 5.26 Å². The maximum absolute atomic E-state index is 14.8. The van der Waals surface area contributed by atoms with Gasteiger partial charge in [-0.3, -0.25) is 24.0 Å². The Kier molecular flexibility index (Phi) is 17.1. The quantitative estimate of drug-likeness (QED) is 0.0861. The van der Waals surface area contributed by atoms with E-state index in [0.29, 0.717) is 50.8 Å². The number of nitrogens with one attached hydrogen (secondary N) is 1. The second kappa shape index (κ2) is 22.2. The summed E-state index contributed by atoms with van der Waals surface area (Å²) in [5, 5.41) is 23.4. The summed E-state index contributed by atoms with van der Waals surface area (Å²) in [7, 11) is 1.48. The molecule has 0 saturated carbocycles. The van der Waals surface area contributed by atoms with E-state index in [1.807, 2.05) is 30.3 Å². The molecule has 5 rings (SSSR count). The van der Waals surface area contributed by atoms with Crippen molar-refractivity contribution in [2.45, 2.75) is 97.6 Å². The molecule has 1 aliphatic rings. The highest BCUT2D eigenvalue weighted by Gasteiger charge is 2.36. The maximum Gasteiger partial charge on any atom is 0.226 e. The molecule has 4 aromatic rings. The Morgan fingerprint density at radius 3 is 2.23 bits per heavy atom. The second-order valence-electron chi connectivity index (χ2n) is 18.4. The van der Waals surface area contributed by atoms with Crippen LogP contribution in [0, 0.1) is 42.9 Å². The molecule has 0 spiro atoms. The van der Waals surface area contributed by atoms with Gasteiger partial charge in [0.25, 0.3) is 0 Å². The monoisotopic (exact) mass is 900 g/mol. The number of phenols is 1. The molecule has 350 valence electrons. The lowest BCUT2D eigenvalue weighted by molar-refractivity contribution is -0.142. The van der Waals surface area contributed by atoms with Crippen molar-refractivity contribution in [2.24, 2.45) is 35.0 Å². The van der Waals surface area contributed by atoms with Crippen LogP contribution < -0.4 is 27.3 Å². The molecule has 3 aromatic carbocycles. The van der Waals surface area contributed by atoms with Crippen molar-refractivity contribution >= 4 is 29.2 Å². The lowest BCUT2D eigenvalue weighted by Crippen LogP contribution is -2.46. The predicted molar refractivity (Wildman–Crippen MR) is 252 cm³/mol. The van der Waals surface area contributed by atoms with Crippen LogP contribution in [0.15, 0.2) is 60.7 Å². The molecule has 15 heteroatoms. The van der Waals surface area contributed by atoms with Crippen molar-refractivity contribution < 1.29 is 33.8 Å². The Morgan fingerprint density at radius 1 is 0.955 bits per heavy atom. The van der Waals surface area contributed by atoms with Crippen molar-refractivity contribution in [3.05, 3.63) is 94.3 Å². The number of nitrogens with zero attached hydrogens (tertiary/aromatic N) is 4. The zero-order chi connectivity index (χ0) is 48.5. The molecule has 1 aliphatic heterocycles. The van der Waals surface area contributed by atoms with Gasteiger partial charge in [0.15, 0.2) is 23.2 Å². The SMILES string of the molecule is Cc1nc(-c2ccc(C(C)(C)C)cc2)nc(C)c1C(=O)C[C@@H](CCN)C(=O)N(C)[C@@H]1C(=O)C[C@@H](C)C(=O)N[C@H](C(=O)CCC#N)Cc2ccc(O)c(c2)-c2cc1ccc2OCC(CN)CN. The summed E-state index contributed by atoms with van der Waals surface area (Å²) in [4.78, 5) is 81.6. The van der Waals surface area contributed by atoms with E-state index in [1.54, 1.807) is 51.1 Å². The lowest BCUT2D eigenvalue weighted by Gasteiger charge is -2.32. The third-order valence-electron chi connectivity index (χ3n) is 12.3. The first kappa shape index (κ1) is 50.7. The Labute approximate surface area is 387 Å². The second-order valence-corrected chi connectivity index (χ2v) is 18.4. The Morgan fingerprint density at radius 2 is 1.62 bits per heavy atom. The first-order valence-corrected chi connectivity index (χ1v) is 22.5. The highest BCUT2D eigenvalue weighted by atomic mass is 16.5. The topological polar surface area (TPSA) is 258 Å². The number of nitrogens with two attached hydrogens (primary N) is 3. The van der Waals surface area contributed by atoms with Gasteiger partial charge in [-0.15, -0.1) is 0 Å². The molecule has 4 atom stereocenters. The molecule has 4 bridgehead atoms. The number of carbonyl (C=O) groups excluding carboxylic acids is 5. The summed E-state index contributed by atoms with van der Waals surface area (Å²) in [5.41, 5.74) is 22.7. The molecule has 8 N–H and O–H groups in total. The van der Waals surface area contributed by atoms with E-state index >= 15 is 0 Å². The van der Waals surface area contributed by atoms with Gasteiger partial charge in [0.2, 0.25) is 11.8 Å². The molecule has 0 saturated heterocycles. The number of nitriles is 1. The summed E-state index contributed by atoms with van der Waals surface area (Å²) in [5.74, 6) is -3.72. The highest BCUT2D eigenvalue weighted by Crippen LogP contribution is 2.40. The third-order valence-corrected chi connectivity index (χ3v) is 12.3. The van der Waals surface area contributed by atoms with E-state index in [-0.39, 0.29) is 93.4 Å². The van der Waals surface area contributed by atoms with E-state index in [2.05, 4.69) is 26.1 Å². The van der Waals surface area contributed by atoms with Crippen LogP contribution in [-0.4, -0.2) is 88.5 Å². The van der Waals surface area contributed by atoms with Crippen LogP contribution >= 0.6 is 0 Å². The normalized spacial score (nSPS) is 17.0. The van der Waals surface area contributed by atoms with Gasteiger partial charge < -0.3 is 37.3 Å². The van der Waals surface area contributed by atoms with Gasteiger partial charge in [-0.05, 0) is 92.7 Å². The Hall–Kier alpha value is -6.34. The van der Waals surface area contributed by atoms with Gasteiger partial charge in [-0.1, -0.05) is 64.1 Å². The van der Waals surface area contributed by atoms with E-state index in [0.717, 1.165) is 11.1 Å². The fourth-order valence-corrected chi connectivity index (χ4v) is 8.32. The number of phenolic OH excluding ortho intramolecular Hbond substituents is 1. The summed E-state index contributed by atoms with van der Waals surface area (Å²) in [6, 6.07) is 17.4. The average molecular weight is 901 g/mol. The maximum atomic E-state index is 14.8. The molecule has 0 fully saturated rings. The van der Waals surface area contributed by atoms with Crippen LogP contribution in [0.4, 0.5) is 0 Å². The summed E-state index contributed by atoms with van der Waals surface area (Å²) in [6.07, 6.45) is -0.555. The molecule has 0 aliphatic carbocycles. The number of aromatic nitrogens is 2. The number of benzene rings is 3. The number of hydrogen-bond donors (Lipinski definition) is 5. The minimum atomic E-state index is -1.28. The first-order valence-electron chi connectivity index (χ1n) is 22.5. The van der Waals surface area contributed by atoms with Crippen molar-refractivity contribution in [1.29, 1.82) is 5.26 Å². The summed E-state index contributed by atoms with van der Waals surface area (Å²) >= 11 is 0. The average Bonchev–Trinajstić information content (AvgIpc) is 3.27. The van der Waals surface area contributed by atoms with Crippen molar-refractivity contribution in [2.75, 3.05) is 33.3 Å². The number of ether oxygens (including phenoxy) is 1. The van der Waals surface area contributed by atoms with E-state index in [4.69, 9.17) is 31.9 Å². The summed E-state index contributed by atoms with van der Waals surface area (Å²) < 4.78 is 6.27. The number of aryl methyl sites for hydroxylation is 2. The number of ketones is 3. The zero-order valence-electron chi connectivity index (χ0n) is 39.1. The van der Waals surface area contributed by atoms with Gasteiger partial charge in [-0.25, -0.2) is 9.97 Å². The van der Waals surface area contributed by atoms with Crippen LogP contribution in [0.1, 0.15) is 104 Å². The molecular formula is C51H64N8O7. The summed E-state index contributed by atoms with van der Waals surface area (Å²) in [6.45, 7) is 12.2. The Bertz CT molecular complexity index is 2450. The number of rotatable bonds is 16. The number of carbonyl (C=O) groups is 5. The van der Waals surface area contributed by atoms with Crippen LogP contribution in [0.25, 0.3) is 22.5 Å². The molecule has 15 nitrogen and oxygen atoms in total. The van der Waals surface area contributed by atoms with E-state index in [1.165, 1.54) is 18.0 Å². The molecule has 2 heterocycles. The van der Waals surface area contributed by atoms with Crippen LogP contribution in [0.5, 0.6) is 11.5 Å². The predicted octanol–water partition coefficient (Wildman–Crippen LogP) is 5.59. The smallest absolute Gasteiger partial charge is 0.226 e. The standard InChI is InChI=1S/C51H64N8O7/c1-29-21-44(63)47(59(7)50(65)36(18-20-53)25-43(62)46-30(2)56-48(57-31(46)3)34-11-14-37(15-12-34)51(4,5)6)35-13-17-45(66-28-33(26-54)27-55)39(24-35)38-22-32(10-16-41(38)60)23-40(58-49(29)64)42(61)9-8-19-52/h10-17,22,24,29,33,36,40,47,60H,8-9,18,20-21,23,25-28,53-55H2,1-7H3,(H,58,64)/t29-,36-,40+,47+/m1/s1. The van der Waals surface area contributed by atoms with Gasteiger partial charge in [0.1, 0.15) is 17.5 Å². The number of likely N-dealkylation sites (N-methyl/N-ethyl adjacent to an activating group) is 1. The minimum absolute atomic E-state index is 0.0353. The first-order chi connectivity index (χ1) is 31.3. The van der Waals surface area contributed by atoms with E-state index < -0.39 is 41.5 Å². The number of Topliss-reactive ketones (excluding diaryl/α,β-unsaturated/α-hetero) is 3. The van der Waals surface area contributed by atoms with Crippen molar-refractivity contribution in [3.8, 4) is 40.1 Å². The molecular weight excluding hydrogens is 837 g/mol. The van der Waals surface area contributed by atoms with Gasteiger partial charge in [0, 0.05) is 67.2 Å². The molecule has 66 heavy (non-hydrogen) atoms. The molecule has 0 unspecified atom stereocenters. The minimum Gasteiger partial charge on any atom is -0.507 e. The van der Waals surface area contributed by atoms with Gasteiger partial charge in [0.05, 0.1) is 35.7 Å². The van der Waals surface area contributed by atoms with Crippen LogP contribution in [-0.2, 0) is 31.0 Å². The molecule has 1 aromatic heterocycles. The highest BCUT2D eigenvalue weighted by molar-refractivity contribution is 6.01. The fourth-order valence-electron chi connectivity index (χ4n) is 8.32. The number of amides is 2. The van der Waals surface area contributed by atoms with Crippen LogP contribution in [0.2, 0.25) is 0 Å². The van der Waals surface area contributed by atoms with Crippen molar-refractivity contribution in [3.63, 3.8) is 0 Å². The number of fused-ring (bicyclic) bond motifs is 5. The third kappa shape index (κ3) is 12.1. The Balaban J connectivity index is 1.56. The number of aromatic hydroxyl groups is 1. The molecule has 0 radical (unpaired) electrons. The van der Waals surface area contributed by atoms with Crippen LogP contribution in [0.3, 0.4) is 0 Å².